The van der Waals surface area contributed by atoms with Crippen molar-refractivity contribution in [2.24, 2.45) is 0 Å². The molecule has 2 rings (SSSR count). The number of rotatable bonds is 4. The molecular weight excluding hydrogens is 331 g/mol. The Balaban J connectivity index is 2.23. The van der Waals surface area contributed by atoms with Crippen LogP contribution in [0.4, 0.5) is 18.9 Å². The number of halogens is 3. The lowest BCUT2D eigenvalue weighted by Crippen LogP contribution is -2.14. The highest BCUT2D eigenvalue weighted by Crippen LogP contribution is 2.20. The Morgan fingerprint density at radius 3 is 2.26 bits per heavy atom. The predicted octanol–water partition coefficient (Wildman–Crippen LogP) is 3.38. The van der Waals surface area contributed by atoms with E-state index in [1.54, 1.807) is 6.92 Å². The molecule has 0 radical (unpaired) electrons. The number of carbonyl (C=O) groups excluding carboxylic acids is 1. The smallest absolute Gasteiger partial charge is 0.319 e. The first-order valence-electron chi connectivity index (χ1n) is 6.41. The zero-order valence-corrected chi connectivity index (χ0v) is 12.7. The van der Waals surface area contributed by atoms with Gasteiger partial charge in [-0.3, -0.25) is 4.79 Å². The number of hydrogen-bond acceptors (Lipinski definition) is 3. The van der Waals surface area contributed by atoms with Crippen molar-refractivity contribution in [1.29, 1.82) is 0 Å². The van der Waals surface area contributed by atoms with Crippen molar-refractivity contribution in [3.63, 3.8) is 0 Å². The Hall–Kier alpha value is -2.35. The fourth-order valence-corrected chi connectivity index (χ4v) is 2.55. The molecule has 0 saturated carbocycles. The molecule has 0 saturated heterocycles. The van der Waals surface area contributed by atoms with Crippen LogP contribution in [0.25, 0.3) is 0 Å². The Labute approximate surface area is 130 Å². The fourth-order valence-electron chi connectivity index (χ4n) is 1.83. The fraction of sp³-hybridized carbons (Fsp3) is 0.133. The zero-order valence-electron chi connectivity index (χ0n) is 11.9. The van der Waals surface area contributed by atoms with Gasteiger partial charge in [-0.1, -0.05) is 6.07 Å². The molecule has 8 heteroatoms. The minimum absolute atomic E-state index is 0.0131. The van der Waals surface area contributed by atoms with Crippen LogP contribution < -0.4 is 5.32 Å². The van der Waals surface area contributed by atoms with Gasteiger partial charge in [0.2, 0.25) is 9.84 Å². The highest BCUT2D eigenvalue weighted by molar-refractivity contribution is 7.91. The molecule has 0 fully saturated rings. The zero-order chi connectivity index (χ0) is 17.2. The van der Waals surface area contributed by atoms with E-state index in [-0.39, 0.29) is 11.3 Å². The largest absolute Gasteiger partial charge is 0.341 e. The van der Waals surface area contributed by atoms with Crippen LogP contribution in [0.1, 0.15) is 15.9 Å². The molecule has 1 N–H and O–H groups in total. The molecular formula is C15H12F3NO3S. The molecule has 0 heterocycles. The summed E-state index contributed by atoms with van der Waals surface area (Å²) in [6, 6.07) is 8.14. The summed E-state index contributed by atoms with van der Waals surface area (Å²) >= 11 is 0. The molecule has 1 amide bonds. The number of carbonyl (C=O) groups is 1. The first kappa shape index (κ1) is 17.0. The van der Waals surface area contributed by atoms with E-state index < -0.39 is 32.2 Å². The standard InChI is InChI=1S/C15H12F3NO3S/c1-9-2-7-12(16)13(8-9)19-14(20)10-3-5-11(6-4-10)23(21,22)15(17)18/h2-8,15H,1H3,(H,19,20). The summed E-state index contributed by atoms with van der Waals surface area (Å²) in [6.07, 6.45) is 0. The second-order valence-corrected chi connectivity index (χ2v) is 6.69. The summed E-state index contributed by atoms with van der Waals surface area (Å²) in [5.41, 5.74) is 0.721. The van der Waals surface area contributed by atoms with Crippen LogP contribution in [0, 0.1) is 12.7 Å². The maximum atomic E-state index is 13.6. The molecule has 0 atom stereocenters. The molecule has 2 aromatic carbocycles. The molecule has 4 nitrogen and oxygen atoms in total. The number of anilines is 1. The van der Waals surface area contributed by atoms with Gasteiger partial charge in [-0.05, 0) is 48.9 Å². The summed E-state index contributed by atoms with van der Waals surface area (Å²) in [5.74, 6) is -4.85. The lowest BCUT2D eigenvalue weighted by molar-refractivity contribution is 0.102. The maximum absolute atomic E-state index is 13.6. The third kappa shape index (κ3) is 3.70. The number of alkyl halides is 2. The third-order valence-corrected chi connectivity index (χ3v) is 4.45. The van der Waals surface area contributed by atoms with Gasteiger partial charge in [0.1, 0.15) is 5.82 Å². The Morgan fingerprint density at radius 2 is 1.70 bits per heavy atom. The van der Waals surface area contributed by atoms with Crippen molar-refractivity contribution in [1.82, 2.24) is 0 Å². The van der Waals surface area contributed by atoms with Gasteiger partial charge in [-0.15, -0.1) is 0 Å². The maximum Gasteiger partial charge on any atom is 0.341 e. The Kier molecular flexibility index (Phi) is 4.74. The van der Waals surface area contributed by atoms with E-state index in [9.17, 15) is 26.4 Å². The topological polar surface area (TPSA) is 63.2 Å². The van der Waals surface area contributed by atoms with Crippen LogP contribution in [0.3, 0.4) is 0 Å². The van der Waals surface area contributed by atoms with E-state index in [0.29, 0.717) is 0 Å². The van der Waals surface area contributed by atoms with E-state index >= 15 is 0 Å². The van der Waals surface area contributed by atoms with Gasteiger partial charge in [0.05, 0.1) is 10.6 Å². The van der Waals surface area contributed by atoms with Crippen molar-refractivity contribution in [3.05, 3.63) is 59.4 Å². The normalized spacial score (nSPS) is 11.5. The van der Waals surface area contributed by atoms with Gasteiger partial charge < -0.3 is 5.32 Å². The average Bonchev–Trinajstić information content (AvgIpc) is 2.50. The van der Waals surface area contributed by atoms with Crippen molar-refractivity contribution in [2.45, 2.75) is 17.6 Å². The molecule has 122 valence electrons. The number of aryl methyl sites for hydroxylation is 1. The minimum atomic E-state index is -4.72. The minimum Gasteiger partial charge on any atom is -0.319 e. The molecule has 0 bridgehead atoms. The second-order valence-electron chi connectivity index (χ2n) is 4.77. The Bertz CT molecular complexity index is 834. The molecule has 0 spiro atoms. The molecule has 2 aromatic rings. The van der Waals surface area contributed by atoms with Crippen LogP contribution in [0.15, 0.2) is 47.4 Å². The van der Waals surface area contributed by atoms with Gasteiger partial charge in [0.15, 0.2) is 0 Å². The SMILES string of the molecule is Cc1ccc(F)c(NC(=O)c2ccc(S(=O)(=O)C(F)F)cc2)c1. The third-order valence-electron chi connectivity index (χ3n) is 3.05. The monoisotopic (exact) mass is 343 g/mol. The summed E-state index contributed by atoms with van der Waals surface area (Å²) in [4.78, 5) is 11.4. The van der Waals surface area contributed by atoms with Crippen molar-refractivity contribution in [2.75, 3.05) is 5.32 Å². The van der Waals surface area contributed by atoms with Crippen LogP contribution >= 0.6 is 0 Å². The number of amides is 1. The van der Waals surface area contributed by atoms with Gasteiger partial charge >= 0.3 is 5.76 Å². The van der Waals surface area contributed by atoms with Crippen molar-refractivity contribution in [3.8, 4) is 0 Å². The summed E-state index contributed by atoms with van der Waals surface area (Å²) < 4.78 is 61.0. The molecule has 0 aliphatic rings. The van der Waals surface area contributed by atoms with Crippen LogP contribution in [-0.4, -0.2) is 20.1 Å². The molecule has 0 unspecified atom stereocenters. The molecule has 0 aromatic heterocycles. The second kappa shape index (κ2) is 6.41. The summed E-state index contributed by atoms with van der Waals surface area (Å²) in [7, 11) is -4.72. The Morgan fingerprint density at radius 1 is 1.09 bits per heavy atom. The van der Waals surface area contributed by atoms with Crippen LogP contribution in [-0.2, 0) is 9.84 Å². The summed E-state index contributed by atoms with van der Waals surface area (Å²) in [5, 5.41) is 2.34. The average molecular weight is 343 g/mol. The van der Waals surface area contributed by atoms with Crippen molar-refractivity contribution >= 4 is 21.4 Å². The highest BCUT2D eigenvalue weighted by atomic mass is 32.2. The van der Waals surface area contributed by atoms with E-state index in [0.717, 1.165) is 29.8 Å². The predicted molar refractivity (Wildman–Crippen MR) is 78.7 cm³/mol. The van der Waals surface area contributed by atoms with Gasteiger partial charge in [-0.2, -0.15) is 8.78 Å². The van der Waals surface area contributed by atoms with Gasteiger partial charge in [0, 0.05) is 5.56 Å². The number of hydrogen-bond donors (Lipinski definition) is 1. The summed E-state index contributed by atoms with van der Waals surface area (Å²) in [6.45, 7) is 1.72. The van der Waals surface area contributed by atoms with Crippen molar-refractivity contribution < 1.29 is 26.4 Å². The quantitative estimate of drug-likeness (QED) is 0.926. The first-order valence-corrected chi connectivity index (χ1v) is 7.96. The van der Waals surface area contributed by atoms with Crippen LogP contribution in [0.5, 0.6) is 0 Å². The van der Waals surface area contributed by atoms with E-state index in [4.69, 9.17) is 0 Å². The van der Waals surface area contributed by atoms with Gasteiger partial charge in [0.25, 0.3) is 5.91 Å². The number of benzene rings is 2. The molecule has 0 aliphatic heterocycles. The lowest BCUT2D eigenvalue weighted by Gasteiger charge is -2.08. The van der Waals surface area contributed by atoms with Gasteiger partial charge in [-0.25, -0.2) is 12.8 Å². The van der Waals surface area contributed by atoms with E-state index in [1.165, 1.54) is 18.2 Å². The van der Waals surface area contributed by atoms with E-state index in [2.05, 4.69) is 5.32 Å². The number of sulfone groups is 1. The number of nitrogens with one attached hydrogen (secondary N) is 1. The molecule has 23 heavy (non-hydrogen) atoms. The lowest BCUT2D eigenvalue weighted by atomic mass is 10.2. The van der Waals surface area contributed by atoms with E-state index in [1.807, 2.05) is 0 Å². The molecule has 0 aliphatic carbocycles. The highest BCUT2D eigenvalue weighted by Gasteiger charge is 2.26. The first-order chi connectivity index (χ1) is 10.7. The van der Waals surface area contributed by atoms with Crippen LogP contribution in [0.2, 0.25) is 0 Å².